The van der Waals surface area contributed by atoms with Crippen molar-refractivity contribution < 1.29 is 4.39 Å². The lowest BCUT2D eigenvalue weighted by atomic mass is 10.1. The molecule has 2 aromatic heterocycles. The van der Waals surface area contributed by atoms with E-state index in [1.54, 1.807) is 0 Å². The second kappa shape index (κ2) is 8.41. The molecule has 4 rings (SSSR count). The SMILES string of the molecule is Cc1c(C)n(Cc2ccc(F)cc2)c2c(C=Cc3ccccc3)nccc12.Cl. The maximum Gasteiger partial charge on any atom is 0.123 e. The van der Waals surface area contributed by atoms with E-state index in [0.717, 1.165) is 22.3 Å². The van der Waals surface area contributed by atoms with Crippen molar-refractivity contribution in [3.05, 3.63) is 101 Å². The third-order valence-corrected chi connectivity index (χ3v) is 5.06. The summed E-state index contributed by atoms with van der Waals surface area (Å²) in [6.45, 7) is 4.96. The first-order valence-corrected chi connectivity index (χ1v) is 9.05. The minimum absolute atomic E-state index is 0. The van der Waals surface area contributed by atoms with E-state index in [9.17, 15) is 4.39 Å². The van der Waals surface area contributed by atoms with E-state index in [1.165, 1.54) is 28.8 Å². The van der Waals surface area contributed by atoms with Crippen molar-refractivity contribution in [3.63, 3.8) is 0 Å². The molecule has 4 heteroatoms. The highest BCUT2D eigenvalue weighted by atomic mass is 35.5. The van der Waals surface area contributed by atoms with Gasteiger partial charge in [-0.05, 0) is 54.8 Å². The zero-order valence-corrected chi connectivity index (χ0v) is 16.7. The van der Waals surface area contributed by atoms with Crippen LogP contribution in [0.2, 0.25) is 0 Å². The summed E-state index contributed by atoms with van der Waals surface area (Å²) in [5.41, 5.74) is 6.72. The largest absolute Gasteiger partial charge is 0.338 e. The van der Waals surface area contributed by atoms with E-state index in [-0.39, 0.29) is 18.2 Å². The molecule has 0 atom stereocenters. The number of aromatic nitrogens is 2. The van der Waals surface area contributed by atoms with Crippen LogP contribution in [0.15, 0.2) is 66.9 Å². The van der Waals surface area contributed by atoms with E-state index in [2.05, 4.69) is 53.7 Å². The van der Waals surface area contributed by atoms with Gasteiger partial charge in [0.15, 0.2) is 0 Å². The first-order chi connectivity index (χ1) is 13.1. The Morgan fingerprint density at radius 3 is 2.36 bits per heavy atom. The standard InChI is InChI=1S/C24H21FN2.ClH/c1-17-18(2)27(16-20-8-11-21(25)12-9-20)24-22(17)14-15-26-23(24)13-10-19-6-4-3-5-7-19;/h3-15H,16H2,1-2H3;1H. The van der Waals surface area contributed by atoms with Crippen molar-refractivity contribution in [2.75, 3.05) is 0 Å². The highest BCUT2D eigenvalue weighted by Crippen LogP contribution is 2.29. The fraction of sp³-hybridized carbons (Fsp3) is 0.125. The Kier molecular flexibility index (Phi) is 5.96. The van der Waals surface area contributed by atoms with Gasteiger partial charge in [0.05, 0.1) is 11.2 Å². The first-order valence-electron chi connectivity index (χ1n) is 9.05. The molecule has 0 aliphatic rings. The molecule has 0 saturated carbocycles. The average Bonchev–Trinajstić information content (AvgIpc) is 2.94. The summed E-state index contributed by atoms with van der Waals surface area (Å²) < 4.78 is 15.5. The Bertz CT molecular complexity index is 1110. The molecule has 28 heavy (non-hydrogen) atoms. The van der Waals surface area contributed by atoms with Crippen molar-refractivity contribution in [2.24, 2.45) is 0 Å². The number of fused-ring (bicyclic) bond motifs is 1. The number of aryl methyl sites for hydroxylation is 1. The minimum atomic E-state index is -0.211. The summed E-state index contributed by atoms with van der Waals surface area (Å²) in [6.07, 6.45) is 6.01. The number of benzene rings is 2. The van der Waals surface area contributed by atoms with Gasteiger partial charge in [0, 0.05) is 23.8 Å². The summed E-state index contributed by atoms with van der Waals surface area (Å²) >= 11 is 0. The van der Waals surface area contributed by atoms with Gasteiger partial charge < -0.3 is 4.57 Å². The first kappa shape index (κ1) is 19.8. The monoisotopic (exact) mass is 392 g/mol. The van der Waals surface area contributed by atoms with Crippen LogP contribution in [0.5, 0.6) is 0 Å². The second-order valence-electron chi connectivity index (χ2n) is 6.76. The Balaban J connectivity index is 0.00000225. The summed E-state index contributed by atoms with van der Waals surface area (Å²) in [5.74, 6) is -0.211. The smallest absolute Gasteiger partial charge is 0.123 e. The Morgan fingerprint density at radius 1 is 0.929 bits per heavy atom. The van der Waals surface area contributed by atoms with Gasteiger partial charge in [-0.1, -0.05) is 48.5 Å². The van der Waals surface area contributed by atoms with Gasteiger partial charge in [-0.2, -0.15) is 0 Å². The Labute approximate surface area is 170 Å². The maximum absolute atomic E-state index is 13.3. The Hall–Kier alpha value is -2.91. The molecule has 4 aromatic rings. The van der Waals surface area contributed by atoms with Crippen LogP contribution in [0, 0.1) is 19.7 Å². The summed E-state index contributed by atoms with van der Waals surface area (Å²) in [5, 5.41) is 1.21. The fourth-order valence-electron chi connectivity index (χ4n) is 3.45. The molecule has 0 aliphatic carbocycles. The lowest BCUT2D eigenvalue weighted by molar-refractivity contribution is 0.626. The maximum atomic E-state index is 13.3. The van der Waals surface area contributed by atoms with Crippen LogP contribution in [0.4, 0.5) is 4.39 Å². The molecule has 2 nitrogen and oxygen atoms in total. The van der Waals surface area contributed by atoms with E-state index in [4.69, 9.17) is 0 Å². The molecule has 2 heterocycles. The van der Waals surface area contributed by atoms with Crippen molar-refractivity contribution >= 4 is 35.5 Å². The minimum Gasteiger partial charge on any atom is -0.338 e. The molecule has 0 saturated heterocycles. The quantitative estimate of drug-likeness (QED) is 0.391. The molecule has 0 radical (unpaired) electrons. The van der Waals surface area contributed by atoms with E-state index in [0.29, 0.717) is 6.54 Å². The summed E-state index contributed by atoms with van der Waals surface area (Å²) in [7, 11) is 0. The van der Waals surface area contributed by atoms with Crippen LogP contribution in [0.25, 0.3) is 23.1 Å². The van der Waals surface area contributed by atoms with E-state index in [1.807, 2.05) is 36.5 Å². The molecule has 0 N–H and O–H groups in total. The zero-order valence-electron chi connectivity index (χ0n) is 15.9. The molecule has 0 amide bonds. The topological polar surface area (TPSA) is 17.8 Å². The molecular formula is C24H22ClFN2. The van der Waals surface area contributed by atoms with Crippen LogP contribution in [-0.4, -0.2) is 9.55 Å². The van der Waals surface area contributed by atoms with Crippen molar-refractivity contribution in [1.29, 1.82) is 0 Å². The van der Waals surface area contributed by atoms with Gasteiger partial charge in [0.2, 0.25) is 0 Å². The van der Waals surface area contributed by atoms with Crippen molar-refractivity contribution in [3.8, 4) is 0 Å². The predicted molar refractivity (Wildman–Crippen MR) is 117 cm³/mol. The van der Waals surface area contributed by atoms with Gasteiger partial charge >= 0.3 is 0 Å². The fourth-order valence-corrected chi connectivity index (χ4v) is 3.45. The third-order valence-electron chi connectivity index (χ3n) is 5.06. The predicted octanol–water partition coefficient (Wildman–Crippen LogP) is 6.43. The van der Waals surface area contributed by atoms with Crippen LogP contribution in [0.1, 0.15) is 28.1 Å². The van der Waals surface area contributed by atoms with Gasteiger partial charge in [-0.15, -0.1) is 12.4 Å². The van der Waals surface area contributed by atoms with E-state index >= 15 is 0 Å². The average molecular weight is 393 g/mol. The number of pyridine rings is 1. The second-order valence-corrected chi connectivity index (χ2v) is 6.76. The van der Waals surface area contributed by atoms with Crippen LogP contribution in [0.3, 0.4) is 0 Å². The highest BCUT2D eigenvalue weighted by molar-refractivity contribution is 5.92. The zero-order chi connectivity index (χ0) is 18.8. The summed E-state index contributed by atoms with van der Waals surface area (Å²) in [4.78, 5) is 4.63. The van der Waals surface area contributed by atoms with Gasteiger partial charge in [0.1, 0.15) is 5.82 Å². The normalized spacial score (nSPS) is 11.1. The van der Waals surface area contributed by atoms with E-state index < -0.39 is 0 Å². The highest BCUT2D eigenvalue weighted by Gasteiger charge is 2.14. The number of hydrogen-bond acceptors (Lipinski definition) is 1. The molecule has 0 aliphatic heterocycles. The molecule has 142 valence electrons. The van der Waals surface area contributed by atoms with Crippen molar-refractivity contribution in [1.82, 2.24) is 9.55 Å². The van der Waals surface area contributed by atoms with Crippen molar-refractivity contribution in [2.45, 2.75) is 20.4 Å². The molecule has 0 bridgehead atoms. The number of rotatable bonds is 4. The third kappa shape index (κ3) is 3.85. The molecule has 0 unspecified atom stereocenters. The van der Waals surface area contributed by atoms with Gasteiger partial charge in [-0.25, -0.2) is 4.39 Å². The molecule has 2 aromatic carbocycles. The number of halogens is 2. The Morgan fingerprint density at radius 2 is 1.64 bits per heavy atom. The number of nitrogens with zero attached hydrogens (tertiary/aromatic N) is 2. The van der Waals surface area contributed by atoms with Crippen LogP contribution in [-0.2, 0) is 6.54 Å². The van der Waals surface area contributed by atoms with Gasteiger partial charge in [0.25, 0.3) is 0 Å². The summed E-state index contributed by atoms with van der Waals surface area (Å²) in [6, 6.07) is 19.0. The van der Waals surface area contributed by atoms with Crippen LogP contribution < -0.4 is 0 Å². The lowest BCUT2D eigenvalue weighted by Crippen LogP contribution is -2.03. The lowest BCUT2D eigenvalue weighted by Gasteiger charge is -2.10. The molecule has 0 spiro atoms. The molecular weight excluding hydrogens is 371 g/mol. The van der Waals surface area contributed by atoms with Crippen LogP contribution >= 0.6 is 12.4 Å². The number of hydrogen-bond donors (Lipinski definition) is 0. The molecule has 0 fully saturated rings. The van der Waals surface area contributed by atoms with Gasteiger partial charge in [-0.3, -0.25) is 4.98 Å².